The molecule has 1 aromatic heterocycles. The van der Waals surface area contributed by atoms with Gasteiger partial charge in [0, 0.05) is 12.2 Å². The van der Waals surface area contributed by atoms with E-state index in [2.05, 4.69) is 29.5 Å². The Balaban J connectivity index is 2.11. The van der Waals surface area contributed by atoms with Gasteiger partial charge in [0.15, 0.2) is 0 Å². The zero-order chi connectivity index (χ0) is 18.6. The lowest BCUT2D eigenvalue weighted by atomic mass is 10.1. The minimum atomic E-state index is -3.37. The standard InChI is InChI=1S/C17H25N3O3S2/c1-11(2)7-8-18-16(21)19-13-5-6-14-15(9-13)24-17(20-14)25(22,23)10-12(3)4/h5-6,9,11-12H,7-8,10H2,1-4H3,(H2,18,19,21). The molecule has 0 aliphatic carbocycles. The average Bonchev–Trinajstić information content (AvgIpc) is 2.89. The summed E-state index contributed by atoms with van der Waals surface area (Å²) in [5.74, 6) is 0.653. The van der Waals surface area contributed by atoms with Crippen molar-refractivity contribution in [1.82, 2.24) is 10.3 Å². The van der Waals surface area contributed by atoms with Gasteiger partial charge >= 0.3 is 6.03 Å². The summed E-state index contributed by atoms with van der Waals surface area (Å²) in [5, 5.41) is 5.57. The highest BCUT2D eigenvalue weighted by Gasteiger charge is 2.21. The number of hydrogen-bond donors (Lipinski definition) is 2. The molecule has 0 unspecified atom stereocenters. The summed E-state index contributed by atoms with van der Waals surface area (Å²) in [6.45, 7) is 8.55. The quantitative estimate of drug-likeness (QED) is 0.759. The van der Waals surface area contributed by atoms with E-state index in [1.54, 1.807) is 18.2 Å². The van der Waals surface area contributed by atoms with Gasteiger partial charge in [0.05, 0.1) is 16.0 Å². The highest BCUT2D eigenvalue weighted by Crippen LogP contribution is 2.29. The number of benzene rings is 1. The van der Waals surface area contributed by atoms with Crippen molar-refractivity contribution in [3.05, 3.63) is 18.2 Å². The zero-order valence-electron chi connectivity index (χ0n) is 15.0. The van der Waals surface area contributed by atoms with Gasteiger partial charge in [-0.2, -0.15) is 0 Å². The van der Waals surface area contributed by atoms with Crippen LogP contribution in [0.1, 0.15) is 34.1 Å². The van der Waals surface area contributed by atoms with Gasteiger partial charge < -0.3 is 10.6 Å². The third kappa shape index (κ3) is 5.67. The predicted octanol–water partition coefficient (Wildman–Crippen LogP) is 3.89. The van der Waals surface area contributed by atoms with Crippen LogP contribution in [-0.2, 0) is 9.84 Å². The highest BCUT2D eigenvalue weighted by molar-refractivity contribution is 7.93. The van der Waals surface area contributed by atoms with E-state index in [-0.39, 0.29) is 22.0 Å². The van der Waals surface area contributed by atoms with Crippen LogP contribution in [0, 0.1) is 11.8 Å². The number of hydrogen-bond acceptors (Lipinski definition) is 5. The number of anilines is 1. The summed E-state index contributed by atoms with van der Waals surface area (Å²) in [4.78, 5) is 16.1. The molecule has 0 aliphatic rings. The number of amides is 2. The van der Waals surface area contributed by atoms with Gasteiger partial charge in [-0.1, -0.05) is 27.7 Å². The SMILES string of the molecule is CC(C)CCNC(=O)Nc1ccc2nc(S(=O)(=O)CC(C)C)sc2c1. The molecule has 2 amide bonds. The number of sulfone groups is 1. The summed E-state index contributed by atoms with van der Waals surface area (Å²) >= 11 is 1.14. The van der Waals surface area contributed by atoms with Gasteiger partial charge in [-0.3, -0.25) is 0 Å². The molecule has 8 heteroatoms. The summed E-state index contributed by atoms with van der Waals surface area (Å²) < 4.78 is 25.5. The predicted molar refractivity (Wildman–Crippen MR) is 103 cm³/mol. The Morgan fingerprint density at radius 1 is 1.20 bits per heavy atom. The monoisotopic (exact) mass is 383 g/mol. The van der Waals surface area contributed by atoms with E-state index in [4.69, 9.17) is 0 Å². The molecule has 1 aromatic carbocycles. The molecule has 0 aliphatic heterocycles. The summed E-state index contributed by atoms with van der Waals surface area (Å²) in [6, 6.07) is 4.94. The maximum atomic E-state index is 12.3. The van der Waals surface area contributed by atoms with Crippen molar-refractivity contribution in [1.29, 1.82) is 0 Å². The van der Waals surface area contributed by atoms with Gasteiger partial charge in [-0.25, -0.2) is 18.2 Å². The molecule has 2 rings (SSSR count). The maximum Gasteiger partial charge on any atom is 0.319 e. The third-order valence-electron chi connectivity index (χ3n) is 3.45. The van der Waals surface area contributed by atoms with Crippen molar-refractivity contribution in [3.8, 4) is 0 Å². The summed E-state index contributed by atoms with van der Waals surface area (Å²) in [6.07, 6.45) is 0.915. The van der Waals surface area contributed by atoms with Crippen molar-refractivity contribution in [3.63, 3.8) is 0 Å². The normalized spacial score (nSPS) is 12.1. The Hall–Kier alpha value is -1.67. The number of aromatic nitrogens is 1. The zero-order valence-corrected chi connectivity index (χ0v) is 16.6. The molecular weight excluding hydrogens is 358 g/mol. The van der Waals surface area contributed by atoms with E-state index in [0.717, 1.165) is 22.5 Å². The molecule has 0 fully saturated rings. The number of fused-ring (bicyclic) bond motifs is 1. The van der Waals surface area contributed by atoms with E-state index in [1.165, 1.54) is 0 Å². The minimum absolute atomic E-state index is 0.0452. The van der Waals surface area contributed by atoms with Crippen LogP contribution in [0.5, 0.6) is 0 Å². The minimum Gasteiger partial charge on any atom is -0.338 e. The molecule has 1 heterocycles. The van der Waals surface area contributed by atoms with Crippen LogP contribution in [0.25, 0.3) is 10.2 Å². The van der Waals surface area contributed by atoms with Crippen LogP contribution in [0.15, 0.2) is 22.5 Å². The number of nitrogens with zero attached hydrogens (tertiary/aromatic N) is 1. The Labute approximate surface area is 153 Å². The first-order valence-electron chi connectivity index (χ1n) is 8.35. The second-order valence-electron chi connectivity index (χ2n) is 6.90. The van der Waals surface area contributed by atoms with E-state index in [1.807, 2.05) is 13.8 Å². The van der Waals surface area contributed by atoms with Gasteiger partial charge in [0.1, 0.15) is 0 Å². The number of thiazole rings is 1. The molecule has 0 bridgehead atoms. The Morgan fingerprint density at radius 2 is 1.92 bits per heavy atom. The molecule has 0 atom stereocenters. The molecule has 2 N–H and O–H groups in total. The number of nitrogens with one attached hydrogen (secondary N) is 2. The molecule has 138 valence electrons. The van der Waals surface area contributed by atoms with E-state index < -0.39 is 9.84 Å². The highest BCUT2D eigenvalue weighted by atomic mass is 32.2. The van der Waals surface area contributed by atoms with E-state index in [0.29, 0.717) is 23.7 Å². The Kier molecular flexibility index (Phi) is 6.40. The number of carbonyl (C=O) groups is 1. The Morgan fingerprint density at radius 3 is 2.56 bits per heavy atom. The van der Waals surface area contributed by atoms with Crippen LogP contribution >= 0.6 is 11.3 Å². The average molecular weight is 384 g/mol. The molecule has 2 aromatic rings. The maximum absolute atomic E-state index is 12.3. The molecular formula is C17H25N3O3S2. The lowest BCUT2D eigenvalue weighted by molar-refractivity contribution is 0.251. The van der Waals surface area contributed by atoms with Crippen LogP contribution < -0.4 is 10.6 Å². The van der Waals surface area contributed by atoms with E-state index in [9.17, 15) is 13.2 Å². The summed E-state index contributed by atoms with van der Waals surface area (Å²) in [7, 11) is -3.37. The van der Waals surface area contributed by atoms with Crippen molar-refractivity contribution in [2.75, 3.05) is 17.6 Å². The van der Waals surface area contributed by atoms with Crippen molar-refractivity contribution >= 4 is 43.1 Å². The molecule has 0 saturated carbocycles. The van der Waals surface area contributed by atoms with Crippen molar-refractivity contribution < 1.29 is 13.2 Å². The molecule has 0 saturated heterocycles. The van der Waals surface area contributed by atoms with Gasteiger partial charge in [0.25, 0.3) is 0 Å². The lowest BCUT2D eigenvalue weighted by Gasteiger charge is -2.08. The number of rotatable bonds is 7. The summed E-state index contributed by atoms with van der Waals surface area (Å²) in [5.41, 5.74) is 1.24. The van der Waals surface area contributed by atoms with E-state index >= 15 is 0 Å². The van der Waals surface area contributed by atoms with Crippen LogP contribution in [0.2, 0.25) is 0 Å². The fourth-order valence-corrected chi connectivity index (χ4v) is 5.25. The smallest absolute Gasteiger partial charge is 0.319 e. The fourth-order valence-electron chi connectivity index (χ4n) is 2.27. The largest absolute Gasteiger partial charge is 0.338 e. The van der Waals surface area contributed by atoms with Crippen LogP contribution in [-0.4, -0.2) is 31.7 Å². The second-order valence-corrected chi connectivity index (χ2v) is 10.1. The van der Waals surface area contributed by atoms with Gasteiger partial charge in [0.2, 0.25) is 14.2 Å². The molecule has 6 nitrogen and oxygen atoms in total. The topological polar surface area (TPSA) is 88.2 Å². The Bertz CT molecular complexity index is 842. The fraction of sp³-hybridized carbons (Fsp3) is 0.529. The molecule has 0 radical (unpaired) electrons. The molecule has 0 spiro atoms. The first-order chi connectivity index (χ1) is 11.7. The van der Waals surface area contributed by atoms with Gasteiger partial charge in [-0.05, 0) is 36.5 Å². The van der Waals surface area contributed by atoms with Crippen molar-refractivity contribution in [2.24, 2.45) is 11.8 Å². The first kappa shape index (κ1) is 19.7. The third-order valence-corrected chi connectivity index (χ3v) is 7.01. The lowest BCUT2D eigenvalue weighted by Crippen LogP contribution is -2.30. The second kappa shape index (κ2) is 8.14. The van der Waals surface area contributed by atoms with Gasteiger partial charge in [-0.15, -0.1) is 11.3 Å². The first-order valence-corrected chi connectivity index (χ1v) is 10.8. The number of urea groups is 1. The van der Waals surface area contributed by atoms with Crippen molar-refractivity contribution in [2.45, 2.75) is 38.5 Å². The van der Waals surface area contributed by atoms with Crippen LogP contribution in [0.3, 0.4) is 0 Å². The number of carbonyl (C=O) groups excluding carboxylic acids is 1. The molecule has 25 heavy (non-hydrogen) atoms. The van der Waals surface area contributed by atoms with Crippen LogP contribution in [0.4, 0.5) is 10.5 Å².